The molecule has 0 saturated heterocycles. The third-order valence-corrected chi connectivity index (χ3v) is 3.92. The van der Waals surface area contributed by atoms with Crippen molar-refractivity contribution in [2.75, 3.05) is 25.2 Å². The fourth-order valence-corrected chi connectivity index (χ4v) is 2.75. The molecule has 0 unspecified atom stereocenters. The van der Waals surface area contributed by atoms with E-state index in [0.717, 1.165) is 16.9 Å². The van der Waals surface area contributed by atoms with E-state index in [-0.39, 0.29) is 22.0 Å². The van der Waals surface area contributed by atoms with Gasteiger partial charge in [-0.3, -0.25) is 9.89 Å². The lowest BCUT2D eigenvalue weighted by atomic mass is 10.2. The number of aromatic amines is 1. The lowest BCUT2D eigenvalue weighted by Gasteiger charge is -2.05. The van der Waals surface area contributed by atoms with E-state index in [2.05, 4.69) is 25.6 Å². The van der Waals surface area contributed by atoms with E-state index in [1.54, 1.807) is 12.4 Å². The maximum absolute atomic E-state index is 11.9. The number of anilines is 2. The highest BCUT2D eigenvalue weighted by Crippen LogP contribution is 2.36. The summed E-state index contributed by atoms with van der Waals surface area (Å²) in [6.07, 6.45) is 3.38. The van der Waals surface area contributed by atoms with Gasteiger partial charge in [-0.1, -0.05) is 0 Å². The number of ether oxygens (including phenoxy) is 1. The molecule has 112 valence electrons. The largest absolute Gasteiger partial charge is 0.465 e. The summed E-state index contributed by atoms with van der Waals surface area (Å²) in [7, 11) is 2.76. The number of thiophene rings is 1. The minimum Gasteiger partial charge on any atom is -0.465 e. The molecule has 21 heavy (non-hydrogen) atoms. The van der Waals surface area contributed by atoms with Gasteiger partial charge in [0.2, 0.25) is 0 Å². The Kier molecular flexibility index (Phi) is 4.43. The fourth-order valence-electron chi connectivity index (χ4n) is 1.72. The van der Waals surface area contributed by atoms with Crippen molar-refractivity contribution in [3.05, 3.63) is 28.4 Å². The van der Waals surface area contributed by atoms with Crippen LogP contribution in [0.1, 0.15) is 25.6 Å². The number of nitrogens with zero attached hydrogens (tertiary/aromatic N) is 1. The van der Waals surface area contributed by atoms with Crippen LogP contribution in [0.25, 0.3) is 0 Å². The van der Waals surface area contributed by atoms with Gasteiger partial charge in [0.05, 0.1) is 24.6 Å². The predicted octanol–water partition coefficient (Wildman–Crippen LogP) is 0.812. The van der Waals surface area contributed by atoms with Gasteiger partial charge in [-0.15, -0.1) is 11.3 Å². The number of nitrogens with one attached hydrogen (secondary N) is 3. The average molecular weight is 309 g/mol. The average Bonchev–Trinajstić information content (AvgIpc) is 3.11. The van der Waals surface area contributed by atoms with Crippen molar-refractivity contribution < 1.29 is 14.3 Å². The first-order valence-electron chi connectivity index (χ1n) is 6.02. The number of rotatable bonds is 5. The number of esters is 1. The number of nitrogens with two attached hydrogens (primary N) is 1. The molecule has 0 bridgehead atoms. The smallest absolute Gasteiger partial charge is 0.350 e. The maximum atomic E-state index is 11.9. The van der Waals surface area contributed by atoms with E-state index in [4.69, 9.17) is 5.73 Å². The molecule has 5 N–H and O–H groups in total. The first-order valence-corrected chi connectivity index (χ1v) is 6.84. The zero-order chi connectivity index (χ0) is 15.4. The Morgan fingerprint density at radius 1 is 1.52 bits per heavy atom. The van der Waals surface area contributed by atoms with Crippen molar-refractivity contribution in [2.45, 2.75) is 6.54 Å². The highest BCUT2D eigenvalue weighted by atomic mass is 32.1. The molecule has 0 aliphatic rings. The quantitative estimate of drug-likeness (QED) is 0.606. The molecule has 0 aliphatic heterocycles. The molecule has 2 rings (SSSR count). The van der Waals surface area contributed by atoms with Crippen LogP contribution in [0.15, 0.2) is 12.4 Å². The third kappa shape index (κ3) is 2.97. The summed E-state index contributed by atoms with van der Waals surface area (Å²) in [6.45, 7) is 0.445. The summed E-state index contributed by atoms with van der Waals surface area (Å²) in [5, 5.41) is 12.6. The van der Waals surface area contributed by atoms with Gasteiger partial charge in [0.15, 0.2) is 0 Å². The van der Waals surface area contributed by atoms with Crippen LogP contribution in [0.3, 0.4) is 0 Å². The van der Waals surface area contributed by atoms with Crippen LogP contribution >= 0.6 is 11.3 Å². The van der Waals surface area contributed by atoms with Gasteiger partial charge in [0.1, 0.15) is 9.88 Å². The first-order chi connectivity index (χ1) is 10.1. The lowest BCUT2D eigenvalue weighted by molar-refractivity contribution is 0.0607. The standard InChI is InChI=1S/C12H15N5O3S/c1-14-10(18)7-8(13)9(12(19)20-2)21-11(7)15-3-6-4-16-17-5-6/h4-5,15H,3,13H2,1-2H3,(H,14,18)(H,16,17). The Morgan fingerprint density at radius 2 is 2.29 bits per heavy atom. The SMILES string of the molecule is CNC(=O)c1c(NCc2cn[nH]c2)sc(C(=O)OC)c1N. The minimum atomic E-state index is -0.570. The van der Waals surface area contributed by atoms with Crippen molar-refractivity contribution in [1.29, 1.82) is 0 Å². The van der Waals surface area contributed by atoms with E-state index in [1.165, 1.54) is 14.2 Å². The Hall–Kier alpha value is -2.55. The second kappa shape index (κ2) is 6.27. The van der Waals surface area contributed by atoms with Gasteiger partial charge < -0.3 is 21.1 Å². The molecule has 0 saturated carbocycles. The summed E-state index contributed by atoms with van der Waals surface area (Å²) in [5.41, 5.74) is 7.16. The van der Waals surface area contributed by atoms with Crippen LogP contribution in [0, 0.1) is 0 Å². The van der Waals surface area contributed by atoms with Crippen molar-refractivity contribution in [3.63, 3.8) is 0 Å². The lowest BCUT2D eigenvalue weighted by Crippen LogP contribution is -2.20. The molecule has 0 aliphatic carbocycles. The number of hydrogen-bond acceptors (Lipinski definition) is 7. The molecule has 8 nitrogen and oxygen atoms in total. The molecule has 0 fully saturated rings. The first kappa shape index (κ1) is 14.9. The number of nitrogen functional groups attached to an aromatic ring is 1. The molecule has 0 spiro atoms. The Morgan fingerprint density at radius 3 is 2.86 bits per heavy atom. The predicted molar refractivity (Wildman–Crippen MR) is 79.4 cm³/mol. The summed E-state index contributed by atoms with van der Waals surface area (Å²) in [5.74, 6) is -0.937. The zero-order valence-electron chi connectivity index (χ0n) is 11.5. The number of hydrogen-bond donors (Lipinski definition) is 4. The van der Waals surface area contributed by atoms with Crippen LogP contribution in [0.5, 0.6) is 0 Å². The normalized spacial score (nSPS) is 10.2. The number of methoxy groups -OCH3 is 1. The van der Waals surface area contributed by atoms with E-state index < -0.39 is 5.97 Å². The second-order valence-corrected chi connectivity index (χ2v) is 5.10. The van der Waals surface area contributed by atoms with E-state index in [0.29, 0.717) is 11.5 Å². The highest BCUT2D eigenvalue weighted by molar-refractivity contribution is 7.19. The fraction of sp³-hybridized carbons (Fsp3) is 0.250. The van der Waals surface area contributed by atoms with Crippen LogP contribution in [0.4, 0.5) is 10.7 Å². The van der Waals surface area contributed by atoms with Crippen molar-refractivity contribution >= 4 is 33.9 Å². The molecule has 1 amide bonds. The summed E-state index contributed by atoms with van der Waals surface area (Å²) >= 11 is 1.08. The van der Waals surface area contributed by atoms with E-state index in [1.807, 2.05) is 0 Å². The minimum absolute atomic E-state index is 0.112. The van der Waals surface area contributed by atoms with Crippen molar-refractivity contribution in [1.82, 2.24) is 15.5 Å². The summed E-state index contributed by atoms with van der Waals surface area (Å²) in [4.78, 5) is 23.8. The number of H-pyrrole nitrogens is 1. The van der Waals surface area contributed by atoms with Gasteiger partial charge in [-0.2, -0.15) is 5.10 Å². The zero-order valence-corrected chi connectivity index (χ0v) is 12.3. The van der Waals surface area contributed by atoms with Gasteiger partial charge in [-0.05, 0) is 0 Å². The van der Waals surface area contributed by atoms with Crippen LogP contribution < -0.4 is 16.4 Å². The van der Waals surface area contributed by atoms with E-state index in [9.17, 15) is 9.59 Å². The molecular formula is C12H15N5O3S. The topological polar surface area (TPSA) is 122 Å². The number of carbonyl (C=O) groups excluding carboxylic acids is 2. The van der Waals surface area contributed by atoms with Crippen LogP contribution in [-0.4, -0.2) is 36.2 Å². The molecular weight excluding hydrogens is 294 g/mol. The molecule has 2 aromatic rings. The van der Waals surface area contributed by atoms with Crippen molar-refractivity contribution in [2.24, 2.45) is 0 Å². The van der Waals surface area contributed by atoms with Gasteiger partial charge >= 0.3 is 5.97 Å². The Labute approximate surface area is 124 Å². The maximum Gasteiger partial charge on any atom is 0.350 e. The summed E-state index contributed by atoms with van der Waals surface area (Å²) in [6, 6.07) is 0. The van der Waals surface area contributed by atoms with Gasteiger partial charge in [0, 0.05) is 25.4 Å². The Balaban J connectivity index is 2.33. The second-order valence-electron chi connectivity index (χ2n) is 4.08. The van der Waals surface area contributed by atoms with Gasteiger partial charge in [0.25, 0.3) is 5.91 Å². The number of amides is 1. The third-order valence-electron chi connectivity index (χ3n) is 2.78. The van der Waals surface area contributed by atoms with Crippen molar-refractivity contribution in [3.8, 4) is 0 Å². The molecule has 0 aromatic carbocycles. The summed E-state index contributed by atoms with van der Waals surface area (Å²) < 4.78 is 4.67. The van der Waals surface area contributed by atoms with Gasteiger partial charge in [-0.25, -0.2) is 4.79 Å². The molecule has 2 heterocycles. The molecule has 9 heteroatoms. The molecule has 2 aromatic heterocycles. The highest BCUT2D eigenvalue weighted by Gasteiger charge is 2.25. The van der Waals surface area contributed by atoms with Crippen LogP contribution in [-0.2, 0) is 11.3 Å². The Bertz CT molecular complexity index is 650. The number of carbonyl (C=O) groups is 2. The molecule has 0 atom stereocenters. The van der Waals surface area contributed by atoms with Crippen LogP contribution in [0.2, 0.25) is 0 Å². The van der Waals surface area contributed by atoms with E-state index >= 15 is 0 Å². The molecule has 0 radical (unpaired) electrons. The monoisotopic (exact) mass is 309 g/mol. The number of aromatic nitrogens is 2.